The van der Waals surface area contributed by atoms with E-state index in [4.69, 9.17) is 0 Å². The minimum atomic E-state index is 0.189. The number of aryl methyl sites for hydroxylation is 1. The molecule has 0 spiro atoms. The van der Waals surface area contributed by atoms with Crippen LogP contribution in [0, 0.1) is 13.8 Å². The summed E-state index contributed by atoms with van der Waals surface area (Å²) in [4.78, 5) is 21.5. The number of amides is 1. The molecule has 2 aliphatic heterocycles. The molecule has 4 heteroatoms. The third-order valence-electron chi connectivity index (χ3n) is 9.56. The van der Waals surface area contributed by atoms with Crippen molar-refractivity contribution in [1.29, 1.82) is 0 Å². The van der Waals surface area contributed by atoms with Crippen molar-refractivity contribution < 1.29 is 4.79 Å². The van der Waals surface area contributed by atoms with Crippen molar-refractivity contribution in [1.82, 2.24) is 14.7 Å². The highest BCUT2D eigenvalue weighted by molar-refractivity contribution is 5.96. The number of hydrogen-bond acceptors (Lipinski definition) is 3. The van der Waals surface area contributed by atoms with E-state index in [1.54, 1.807) is 0 Å². The Morgan fingerprint density at radius 1 is 0.714 bits per heavy atom. The Morgan fingerprint density at radius 3 is 1.93 bits per heavy atom. The Labute approximate surface area is 251 Å². The van der Waals surface area contributed by atoms with Crippen molar-refractivity contribution in [2.45, 2.75) is 51.2 Å². The molecule has 0 bridgehead atoms. The molecule has 0 saturated carbocycles. The van der Waals surface area contributed by atoms with E-state index in [2.05, 4.69) is 126 Å². The molecule has 2 aliphatic rings. The van der Waals surface area contributed by atoms with Crippen LogP contribution in [0.25, 0.3) is 0 Å². The van der Waals surface area contributed by atoms with Gasteiger partial charge in [-0.15, -0.1) is 0 Å². The first-order valence-corrected chi connectivity index (χ1v) is 15.6. The Morgan fingerprint density at radius 2 is 1.31 bits per heavy atom. The third-order valence-corrected chi connectivity index (χ3v) is 9.56. The van der Waals surface area contributed by atoms with Crippen molar-refractivity contribution in [2.24, 2.45) is 0 Å². The fourth-order valence-electron chi connectivity index (χ4n) is 7.09. The molecule has 2 heterocycles. The van der Waals surface area contributed by atoms with Gasteiger partial charge in [-0.05, 0) is 67.0 Å². The number of likely N-dealkylation sites (tertiary alicyclic amines) is 1. The summed E-state index contributed by atoms with van der Waals surface area (Å²) >= 11 is 0. The van der Waals surface area contributed by atoms with Crippen molar-refractivity contribution in [2.75, 3.05) is 32.7 Å². The largest absolute Gasteiger partial charge is 0.335 e. The van der Waals surface area contributed by atoms with Gasteiger partial charge in [-0.3, -0.25) is 14.6 Å². The molecule has 2 atom stereocenters. The highest BCUT2D eigenvalue weighted by Gasteiger charge is 2.37. The zero-order valence-electron chi connectivity index (χ0n) is 25.0. The number of nitrogens with zero attached hydrogens (tertiary/aromatic N) is 3. The van der Waals surface area contributed by atoms with E-state index in [0.29, 0.717) is 6.04 Å². The number of carbonyl (C=O) groups excluding carboxylic acids is 1. The monoisotopic (exact) mass is 557 g/mol. The molecule has 4 nitrogen and oxygen atoms in total. The molecule has 1 amide bonds. The van der Waals surface area contributed by atoms with Gasteiger partial charge >= 0.3 is 0 Å². The highest BCUT2D eigenvalue weighted by atomic mass is 16.2. The average molecular weight is 558 g/mol. The summed E-state index contributed by atoms with van der Waals surface area (Å²) in [7, 11) is 0. The standard InChI is InChI=1S/C38H43N3O/c1-29-13-12-20-36(30(29)2)38(42)41-22-21-34(28-35(41)27-31-14-6-3-7-15-31)39-23-25-40(26-24-39)37(32-16-8-4-9-17-32)33-18-10-5-11-19-33/h3-20,34-35,37H,21-28H2,1-2H3/t34-,35+/m1/s1. The predicted octanol–water partition coefficient (Wildman–Crippen LogP) is 6.93. The Hall–Kier alpha value is -3.73. The van der Waals surface area contributed by atoms with E-state index in [9.17, 15) is 4.79 Å². The van der Waals surface area contributed by atoms with Crippen LogP contribution < -0.4 is 0 Å². The summed E-state index contributed by atoms with van der Waals surface area (Å²) in [5.41, 5.74) is 7.16. The Kier molecular flexibility index (Phi) is 8.83. The van der Waals surface area contributed by atoms with Gasteiger partial charge in [0, 0.05) is 50.4 Å². The predicted molar refractivity (Wildman–Crippen MR) is 172 cm³/mol. The van der Waals surface area contributed by atoms with Crippen LogP contribution in [0.3, 0.4) is 0 Å². The number of piperidine rings is 1. The number of piperazine rings is 1. The first kappa shape index (κ1) is 28.4. The van der Waals surface area contributed by atoms with E-state index in [1.165, 1.54) is 22.3 Å². The molecule has 6 rings (SSSR count). The maximum absolute atomic E-state index is 13.9. The van der Waals surface area contributed by atoms with Gasteiger partial charge in [0.2, 0.25) is 0 Å². The lowest BCUT2D eigenvalue weighted by molar-refractivity contribution is 0.0246. The van der Waals surface area contributed by atoms with Gasteiger partial charge in [0.15, 0.2) is 0 Å². The molecule has 42 heavy (non-hydrogen) atoms. The quantitative estimate of drug-likeness (QED) is 0.247. The van der Waals surface area contributed by atoms with Gasteiger partial charge < -0.3 is 4.90 Å². The number of carbonyl (C=O) groups is 1. The molecule has 2 saturated heterocycles. The Bertz CT molecular complexity index is 1410. The van der Waals surface area contributed by atoms with Crippen molar-refractivity contribution in [3.8, 4) is 0 Å². The molecular weight excluding hydrogens is 514 g/mol. The van der Waals surface area contributed by atoms with Crippen LogP contribution >= 0.6 is 0 Å². The van der Waals surface area contributed by atoms with E-state index < -0.39 is 0 Å². The molecule has 0 aromatic heterocycles. The van der Waals surface area contributed by atoms with Gasteiger partial charge in [0.05, 0.1) is 6.04 Å². The van der Waals surface area contributed by atoms with Gasteiger partial charge in [-0.2, -0.15) is 0 Å². The summed E-state index contributed by atoms with van der Waals surface area (Å²) in [6.45, 7) is 9.19. The third kappa shape index (κ3) is 6.21. The van der Waals surface area contributed by atoms with Crippen LogP contribution in [-0.4, -0.2) is 65.4 Å². The minimum Gasteiger partial charge on any atom is -0.335 e. The minimum absolute atomic E-state index is 0.189. The highest BCUT2D eigenvalue weighted by Crippen LogP contribution is 2.32. The van der Waals surface area contributed by atoms with E-state index in [-0.39, 0.29) is 18.0 Å². The second-order valence-electron chi connectivity index (χ2n) is 12.1. The average Bonchev–Trinajstić information content (AvgIpc) is 3.04. The topological polar surface area (TPSA) is 26.8 Å². The van der Waals surface area contributed by atoms with Gasteiger partial charge in [0.1, 0.15) is 0 Å². The smallest absolute Gasteiger partial charge is 0.254 e. The second-order valence-corrected chi connectivity index (χ2v) is 12.1. The van der Waals surface area contributed by atoms with E-state index >= 15 is 0 Å². The lowest BCUT2D eigenvalue weighted by atomic mass is 9.89. The van der Waals surface area contributed by atoms with Crippen molar-refractivity contribution >= 4 is 5.91 Å². The normalized spacial score (nSPS) is 20.1. The lowest BCUT2D eigenvalue weighted by Gasteiger charge is -2.47. The second kappa shape index (κ2) is 13.1. The summed E-state index contributed by atoms with van der Waals surface area (Å²) in [6, 6.07) is 39.7. The van der Waals surface area contributed by atoms with E-state index in [1.807, 2.05) is 12.1 Å². The maximum atomic E-state index is 13.9. The van der Waals surface area contributed by atoms with Gasteiger partial charge in [0.25, 0.3) is 5.91 Å². The van der Waals surface area contributed by atoms with Crippen LogP contribution in [-0.2, 0) is 6.42 Å². The number of rotatable bonds is 7. The molecule has 2 fully saturated rings. The summed E-state index contributed by atoms with van der Waals surface area (Å²) in [6.07, 6.45) is 2.95. The van der Waals surface area contributed by atoms with E-state index in [0.717, 1.165) is 63.1 Å². The van der Waals surface area contributed by atoms with Crippen molar-refractivity contribution in [3.05, 3.63) is 143 Å². The van der Waals surface area contributed by atoms with Crippen molar-refractivity contribution in [3.63, 3.8) is 0 Å². The summed E-state index contributed by atoms with van der Waals surface area (Å²) < 4.78 is 0. The molecule has 0 N–H and O–H groups in total. The fraction of sp³-hybridized carbons (Fsp3) is 0.342. The molecular formula is C38H43N3O. The van der Waals surface area contributed by atoms with Gasteiger partial charge in [-0.25, -0.2) is 0 Å². The molecule has 0 unspecified atom stereocenters. The maximum Gasteiger partial charge on any atom is 0.254 e. The Balaban J connectivity index is 1.18. The van der Waals surface area contributed by atoms with Crippen LogP contribution in [0.5, 0.6) is 0 Å². The first-order valence-electron chi connectivity index (χ1n) is 15.6. The van der Waals surface area contributed by atoms with Crippen LogP contribution in [0.1, 0.15) is 57.1 Å². The molecule has 0 aliphatic carbocycles. The van der Waals surface area contributed by atoms with Crippen LogP contribution in [0.15, 0.2) is 109 Å². The van der Waals surface area contributed by atoms with Crippen LogP contribution in [0.4, 0.5) is 0 Å². The number of benzene rings is 4. The molecule has 4 aromatic carbocycles. The van der Waals surface area contributed by atoms with Crippen LogP contribution in [0.2, 0.25) is 0 Å². The SMILES string of the molecule is Cc1cccc(C(=O)N2CC[C@@H](N3CCN(C(c4ccccc4)c4ccccc4)CC3)C[C@@H]2Cc2ccccc2)c1C. The molecule has 4 aromatic rings. The fourth-order valence-corrected chi connectivity index (χ4v) is 7.09. The summed E-state index contributed by atoms with van der Waals surface area (Å²) in [5, 5.41) is 0. The van der Waals surface area contributed by atoms with Gasteiger partial charge in [-0.1, -0.05) is 103 Å². The molecule has 216 valence electrons. The zero-order valence-corrected chi connectivity index (χ0v) is 25.0. The lowest BCUT2D eigenvalue weighted by Crippen LogP contribution is -2.57. The zero-order chi connectivity index (χ0) is 28.9. The first-order chi connectivity index (χ1) is 20.6. The summed E-state index contributed by atoms with van der Waals surface area (Å²) in [5.74, 6) is 0.189. The number of hydrogen-bond donors (Lipinski definition) is 0. The molecule has 0 radical (unpaired) electrons.